The van der Waals surface area contributed by atoms with Gasteiger partial charge in [0.15, 0.2) is 5.17 Å². The molecule has 3 aromatic rings. The fourth-order valence-electron chi connectivity index (χ4n) is 2.65. The number of amidine groups is 1. The summed E-state index contributed by atoms with van der Waals surface area (Å²) in [5.41, 5.74) is 1.64. The van der Waals surface area contributed by atoms with E-state index in [1.807, 2.05) is 67.6 Å². The second-order valence-electron chi connectivity index (χ2n) is 5.86. The number of nitrogens with zero attached hydrogens (tertiary/aromatic N) is 4. The Balaban J connectivity index is 1.75. The minimum atomic E-state index is -0.126. The van der Waals surface area contributed by atoms with Crippen molar-refractivity contribution in [3.8, 4) is 5.75 Å². The molecule has 0 atom stereocenters. The topological polar surface area (TPSA) is 67.7 Å². The molecule has 0 saturated carbocycles. The summed E-state index contributed by atoms with van der Waals surface area (Å²) < 4.78 is 5.27. The SMILES string of the molecule is COc1cccc(/C=C2\S/C(=N/c3nnc(C)s3)N(c3ccccc3)C2=O)c1. The zero-order valence-electron chi connectivity index (χ0n) is 15.2. The number of ether oxygens (including phenoxy) is 1. The molecule has 4 rings (SSSR count). The molecule has 1 amide bonds. The van der Waals surface area contributed by atoms with E-state index < -0.39 is 0 Å². The van der Waals surface area contributed by atoms with Gasteiger partial charge >= 0.3 is 0 Å². The van der Waals surface area contributed by atoms with E-state index in [0.717, 1.165) is 22.0 Å². The molecule has 1 fully saturated rings. The molecule has 1 saturated heterocycles. The molecule has 0 aliphatic carbocycles. The number of para-hydroxylation sites is 1. The zero-order valence-corrected chi connectivity index (χ0v) is 16.8. The smallest absolute Gasteiger partial charge is 0.271 e. The number of methoxy groups -OCH3 is 1. The van der Waals surface area contributed by atoms with Crippen molar-refractivity contribution in [3.05, 3.63) is 70.1 Å². The van der Waals surface area contributed by atoms with Crippen LogP contribution in [0.15, 0.2) is 64.5 Å². The highest BCUT2D eigenvalue weighted by atomic mass is 32.2. The molecule has 0 unspecified atom stereocenters. The van der Waals surface area contributed by atoms with E-state index >= 15 is 0 Å². The summed E-state index contributed by atoms with van der Waals surface area (Å²) in [6, 6.07) is 17.0. The van der Waals surface area contributed by atoms with Crippen molar-refractivity contribution in [2.45, 2.75) is 6.92 Å². The van der Waals surface area contributed by atoms with E-state index in [-0.39, 0.29) is 5.91 Å². The Labute approximate surface area is 170 Å². The number of amides is 1. The predicted octanol–water partition coefficient (Wildman–Crippen LogP) is 4.66. The van der Waals surface area contributed by atoms with Crippen molar-refractivity contribution >= 4 is 51.1 Å². The van der Waals surface area contributed by atoms with Crippen LogP contribution in [0.3, 0.4) is 0 Å². The van der Waals surface area contributed by atoms with Crippen LogP contribution in [0.4, 0.5) is 10.8 Å². The Hall–Kier alpha value is -2.97. The Morgan fingerprint density at radius 2 is 1.93 bits per heavy atom. The van der Waals surface area contributed by atoms with Crippen LogP contribution in [0.2, 0.25) is 0 Å². The molecule has 6 nitrogen and oxygen atoms in total. The van der Waals surface area contributed by atoms with Gasteiger partial charge in [0.1, 0.15) is 10.8 Å². The molecule has 0 radical (unpaired) electrons. The fourth-order valence-corrected chi connectivity index (χ4v) is 4.25. The highest BCUT2D eigenvalue weighted by molar-refractivity contribution is 8.19. The number of rotatable bonds is 4. The third kappa shape index (κ3) is 3.83. The van der Waals surface area contributed by atoms with Gasteiger partial charge in [-0.05, 0) is 54.6 Å². The molecule has 28 heavy (non-hydrogen) atoms. The third-order valence-electron chi connectivity index (χ3n) is 3.92. The van der Waals surface area contributed by atoms with Gasteiger partial charge in [0.25, 0.3) is 5.91 Å². The number of hydrogen-bond acceptors (Lipinski definition) is 7. The van der Waals surface area contributed by atoms with Gasteiger partial charge in [0.05, 0.1) is 17.7 Å². The Morgan fingerprint density at radius 1 is 1.11 bits per heavy atom. The van der Waals surface area contributed by atoms with Gasteiger partial charge in [-0.25, -0.2) is 0 Å². The normalized spacial score (nSPS) is 16.9. The Kier molecular flexibility index (Phi) is 5.23. The van der Waals surface area contributed by atoms with Crippen molar-refractivity contribution in [2.75, 3.05) is 12.0 Å². The lowest BCUT2D eigenvalue weighted by Crippen LogP contribution is -2.28. The second kappa shape index (κ2) is 7.95. The summed E-state index contributed by atoms with van der Waals surface area (Å²) in [5.74, 6) is 0.613. The van der Waals surface area contributed by atoms with E-state index in [0.29, 0.717) is 15.2 Å². The first-order valence-electron chi connectivity index (χ1n) is 8.46. The van der Waals surface area contributed by atoms with Gasteiger partial charge in [-0.15, -0.1) is 10.2 Å². The average molecular weight is 409 g/mol. The van der Waals surface area contributed by atoms with Crippen LogP contribution in [0.5, 0.6) is 5.75 Å². The van der Waals surface area contributed by atoms with Crippen LogP contribution in [0.25, 0.3) is 6.08 Å². The first-order chi connectivity index (χ1) is 13.6. The minimum absolute atomic E-state index is 0.126. The lowest BCUT2D eigenvalue weighted by Gasteiger charge is -2.14. The maximum atomic E-state index is 13.2. The third-order valence-corrected chi connectivity index (χ3v) is 5.62. The number of aryl methyl sites for hydroxylation is 1. The van der Waals surface area contributed by atoms with E-state index in [1.165, 1.54) is 23.1 Å². The van der Waals surface area contributed by atoms with Crippen LogP contribution < -0.4 is 9.64 Å². The maximum Gasteiger partial charge on any atom is 0.271 e. The first-order valence-corrected chi connectivity index (χ1v) is 10.1. The molecular formula is C20H16N4O2S2. The quantitative estimate of drug-likeness (QED) is 0.587. The summed E-state index contributed by atoms with van der Waals surface area (Å²) in [5, 5.41) is 9.97. The number of anilines is 1. The number of hydrogen-bond donors (Lipinski definition) is 0. The molecule has 8 heteroatoms. The summed E-state index contributed by atoms with van der Waals surface area (Å²) in [6.07, 6.45) is 1.85. The van der Waals surface area contributed by atoms with Crippen LogP contribution in [-0.2, 0) is 4.79 Å². The monoisotopic (exact) mass is 408 g/mol. The molecule has 2 aromatic carbocycles. The first kappa shape index (κ1) is 18.4. The van der Waals surface area contributed by atoms with Crippen LogP contribution in [0, 0.1) is 6.92 Å². The van der Waals surface area contributed by atoms with E-state index in [1.54, 1.807) is 12.0 Å². The summed E-state index contributed by atoms with van der Waals surface area (Å²) in [4.78, 5) is 19.9. The number of benzene rings is 2. The molecule has 0 spiro atoms. The zero-order chi connectivity index (χ0) is 19.5. The van der Waals surface area contributed by atoms with Crippen LogP contribution in [0.1, 0.15) is 10.6 Å². The Bertz CT molecular complexity index is 1080. The number of carbonyl (C=O) groups is 1. The molecule has 0 bridgehead atoms. The van der Waals surface area contributed by atoms with Crippen molar-refractivity contribution in [1.29, 1.82) is 0 Å². The number of thioether (sulfide) groups is 1. The molecule has 1 aliphatic heterocycles. The van der Waals surface area contributed by atoms with Gasteiger partial charge in [0, 0.05) is 0 Å². The highest BCUT2D eigenvalue weighted by Gasteiger charge is 2.35. The lowest BCUT2D eigenvalue weighted by molar-refractivity contribution is -0.113. The van der Waals surface area contributed by atoms with Gasteiger partial charge in [-0.3, -0.25) is 9.69 Å². The summed E-state index contributed by atoms with van der Waals surface area (Å²) >= 11 is 2.71. The molecule has 2 heterocycles. The molecular weight excluding hydrogens is 392 g/mol. The summed E-state index contributed by atoms with van der Waals surface area (Å²) in [7, 11) is 1.62. The standard InChI is InChI=1S/C20H16N4O2S2/c1-13-22-23-19(27-13)21-20-24(15-8-4-3-5-9-15)18(25)17(28-20)12-14-7-6-10-16(11-14)26-2/h3-12H,1-2H3/b17-12-,21-20+. The largest absolute Gasteiger partial charge is 0.497 e. The van der Waals surface area contributed by atoms with Gasteiger partial charge in [-0.2, -0.15) is 4.99 Å². The van der Waals surface area contributed by atoms with Crippen LogP contribution in [-0.4, -0.2) is 28.4 Å². The second-order valence-corrected chi connectivity index (χ2v) is 8.03. The molecule has 0 N–H and O–H groups in total. The van der Waals surface area contributed by atoms with Gasteiger partial charge < -0.3 is 4.74 Å². The van der Waals surface area contributed by atoms with Gasteiger partial charge in [-0.1, -0.05) is 41.7 Å². The van der Waals surface area contributed by atoms with Crippen LogP contribution >= 0.6 is 23.1 Å². The molecule has 1 aromatic heterocycles. The average Bonchev–Trinajstić information content (AvgIpc) is 3.25. The van der Waals surface area contributed by atoms with Crippen molar-refractivity contribution in [3.63, 3.8) is 0 Å². The minimum Gasteiger partial charge on any atom is -0.497 e. The van der Waals surface area contributed by atoms with Gasteiger partial charge in [0.2, 0.25) is 5.13 Å². The number of aliphatic imine (C=N–C) groups is 1. The summed E-state index contributed by atoms with van der Waals surface area (Å²) in [6.45, 7) is 1.87. The molecule has 140 valence electrons. The predicted molar refractivity (Wildman–Crippen MR) is 114 cm³/mol. The molecule has 1 aliphatic rings. The number of carbonyl (C=O) groups excluding carboxylic acids is 1. The van der Waals surface area contributed by atoms with E-state index in [4.69, 9.17) is 4.74 Å². The van der Waals surface area contributed by atoms with E-state index in [9.17, 15) is 4.79 Å². The Morgan fingerprint density at radius 3 is 2.64 bits per heavy atom. The fraction of sp³-hybridized carbons (Fsp3) is 0.100. The van der Waals surface area contributed by atoms with Crippen molar-refractivity contribution in [2.24, 2.45) is 4.99 Å². The van der Waals surface area contributed by atoms with Crippen molar-refractivity contribution in [1.82, 2.24) is 10.2 Å². The maximum absolute atomic E-state index is 13.2. The number of aromatic nitrogens is 2. The van der Waals surface area contributed by atoms with E-state index in [2.05, 4.69) is 15.2 Å². The highest BCUT2D eigenvalue weighted by Crippen LogP contribution is 2.37. The van der Waals surface area contributed by atoms with Crippen molar-refractivity contribution < 1.29 is 9.53 Å². The lowest BCUT2D eigenvalue weighted by atomic mass is 10.2.